The number of hydrogen-bond acceptors (Lipinski definition) is 2. The van der Waals surface area contributed by atoms with Gasteiger partial charge in [0.15, 0.2) is 0 Å². The molecule has 0 aliphatic carbocycles. The Morgan fingerprint density at radius 2 is 2.00 bits per heavy atom. The number of rotatable bonds is 4. The summed E-state index contributed by atoms with van der Waals surface area (Å²) in [5.74, 6) is -0.00245. The molecule has 3 amide bonds. The molecule has 23 heavy (non-hydrogen) atoms. The van der Waals surface area contributed by atoms with Crippen LogP contribution in [0, 0.1) is 0 Å². The van der Waals surface area contributed by atoms with Crippen molar-refractivity contribution in [1.82, 2.24) is 15.5 Å². The second-order valence-corrected chi connectivity index (χ2v) is 6.68. The summed E-state index contributed by atoms with van der Waals surface area (Å²) in [6.07, 6.45) is 1.90. The van der Waals surface area contributed by atoms with Crippen LogP contribution in [0.25, 0.3) is 0 Å². The molecule has 2 rings (SSSR count). The maximum absolute atomic E-state index is 12.1. The molecule has 1 aliphatic rings. The second kappa shape index (κ2) is 8.20. The Bertz CT molecular complexity index is 555. The average molecular weight is 338 g/mol. The molecule has 0 spiro atoms. The number of piperidine rings is 1. The zero-order chi connectivity index (χ0) is 16.8. The van der Waals surface area contributed by atoms with Gasteiger partial charge in [0, 0.05) is 30.2 Å². The molecule has 2 N–H and O–H groups in total. The smallest absolute Gasteiger partial charge is 0.317 e. The van der Waals surface area contributed by atoms with E-state index in [9.17, 15) is 9.59 Å². The molecule has 6 heteroatoms. The van der Waals surface area contributed by atoms with Gasteiger partial charge in [0.05, 0.1) is 6.42 Å². The number of nitrogens with one attached hydrogen (secondary N) is 2. The van der Waals surface area contributed by atoms with E-state index in [1.165, 1.54) is 0 Å². The van der Waals surface area contributed by atoms with Crippen molar-refractivity contribution in [3.63, 3.8) is 0 Å². The van der Waals surface area contributed by atoms with E-state index in [2.05, 4.69) is 10.6 Å². The van der Waals surface area contributed by atoms with Gasteiger partial charge in [-0.15, -0.1) is 0 Å². The maximum atomic E-state index is 12.1. The van der Waals surface area contributed by atoms with Gasteiger partial charge in [-0.25, -0.2) is 4.79 Å². The summed E-state index contributed by atoms with van der Waals surface area (Å²) in [7, 11) is 0. The Labute approximate surface area is 142 Å². The number of halogens is 1. The first kappa shape index (κ1) is 17.6. The van der Waals surface area contributed by atoms with Gasteiger partial charge >= 0.3 is 6.03 Å². The Balaban J connectivity index is 1.75. The lowest BCUT2D eigenvalue weighted by atomic mass is 10.0. The van der Waals surface area contributed by atoms with Crippen LogP contribution in [0.5, 0.6) is 0 Å². The number of carbonyl (C=O) groups is 2. The highest BCUT2D eigenvalue weighted by Gasteiger charge is 2.24. The Morgan fingerprint density at radius 1 is 1.30 bits per heavy atom. The number of benzene rings is 1. The molecular weight excluding hydrogens is 314 g/mol. The zero-order valence-corrected chi connectivity index (χ0v) is 14.4. The zero-order valence-electron chi connectivity index (χ0n) is 13.6. The number of likely N-dealkylation sites (tertiary alicyclic amines) is 1. The van der Waals surface area contributed by atoms with Crippen LogP contribution in [0.15, 0.2) is 24.3 Å². The molecule has 1 saturated heterocycles. The molecule has 126 valence electrons. The standard InChI is InChI=1S/C17H24ClN3O2/c1-12(2)19-17(23)21-8-6-15(7-9-21)20-16(22)11-13-4-3-5-14(18)10-13/h3-5,10,12,15H,6-9,11H2,1-2H3,(H,19,23)(H,20,22). The Morgan fingerprint density at radius 3 is 2.61 bits per heavy atom. The quantitative estimate of drug-likeness (QED) is 0.887. The number of nitrogens with zero attached hydrogens (tertiary/aromatic N) is 1. The molecule has 1 aliphatic heterocycles. The summed E-state index contributed by atoms with van der Waals surface area (Å²) in [4.78, 5) is 25.8. The van der Waals surface area contributed by atoms with E-state index < -0.39 is 0 Å². The maximum Gasteiger partial charge on any atom is 0.317 e. The minimum absolute atomic E-state index is 0.00245. The van der Waals surface area contributed by atoms with Crippen LogP contribution in [0.3, 0.4) is 0 Å². The lowest BCUT2D eigenvalue weighted by Gasteiger charge is -2.33. The fraction of sp³-hybridized carbons (Fsp3) is 0.529. The molecule has 5 nitrogen and oxygen atoms in total. The molecule has 1 aromatic rings. The van der Waals surface area contributed by atoms with Gasteiger partial charge in [-0.05, 0) is 44.4 Å². The van der Waals surface area contributed by atoms with E-state index in [0.29, 0.717) is 24.5 Å². The normalized spacial score (nSPS) is 15.6. The van der Waals surface area contributed by atoms with Gasteiger partial charge in [-0.1, -0.05) is 23.7 Å². The molecule has 0 bridgehead atoms. The molecule has 0 saturated carbocycles. The van der Waals surface area contributed by atoms with Gasteiger partial charge in [0.2, 0.25) is 5.91 Å². The SMILES string of the molecule is CC(C)NC(=O)N1CCC(NC(=O)Cc2cccc(Cl)c2)CC1. The average Bonchev–Trinajstić information content (AvgIpc) is 2.47. The molecule has 1 fully saturated rings. The van der Waals surface area contributed by atoms with E-state index in [4.69, 9.17) is 11.6 Å². The van der Waals surface area contributed by atoms with Crippen LogP contribution >= 0.6 is 11.6 Å². The van der Waals surface area contributed by atoms with E-state index in [-0.39, 0.29) is 24.0 Å². The molecule has 0 aromatic heterocycles. The van der Waals surface area contributed by atoms with Crippen molar-refractivity contribution in [3.8, 4) is 0 Å². The second-order valence-electron chi connectivity index (χ2n) is 6.24. The van der Waals surface area contributed by atoms with Crippen LogP contribution in [-0.2, 0) is 11.2 Å². The van der Waals surface area contributed by atoms with E-state index in [1.807, 2.05) is 26.0 Å². The summed E-state index contributed by atoms with van der Waals surface area (Å²) in [6.45, 7) is 5.22. The van der Waals surface area contributed by atoms with Gasteiger partial charge in [0.25, 0.3) is 0 Å². The van der Waals surface area contributed by atoms with Crippen molar-refractivity contribution in [2.24, 2.45) is 0 Å². The van der Waals surface area contributed by atoms with Crippen LogP contribution < -0.4 is 10.6 Å². The first-order valence-corrected chi connectivity index (χ1v) is 8.41. The fourth-order valence-electron chi connectivity index (χ4n) is 2.68. The summed E-state index contributed by atoms with van der Waals surface area (Å²) in [5, 5.41) is 6.58. The van der Waals surface area contributed by atoms with E-state index in [1.54, 1.807) is 17.0 Å². The molecule has 0 unspecified atom stereocenters. The van der Waals surface area contributed by atoms with E-state index >= 15 is 0 Å². The monoisotopic (exact) mass is 337 g/mol. The van der Waals surface area contributed by atoms with Gasteiger partial charge in [-0.3, -0.25) is 4.79 Å². The minimum atomic E-state index is -0.0243. The van der Waals surface area contributed by atoms with Crippen molar-refractivity contribution < 1.29 is 9.59 Å². The highest BCUT2D eigenvalue weighted by molar-refractivity contribution is 6.30. The lowest BCUT2D eigenvalue weighted by Crippen LogP contribution is -2.50. The third kappa shape index (κ3) is 5.75. The highest BCUT2D eigenvalue weighted by Crippen LogP contribution is 2.13. The van der Waals surface area contributed by atoms with Crippen LogP contribution in [0.2, 0.25) is 5.02 Å². The number of amides is 3. The third-order valence-electron chi connectivity index (χ3n) is 3.81. The summed E-state index contributed by atoms with van der Waals surface area (Å²) in [6, 6.07) is 7.58. The predicted molar refractivity (Wildman–Crippen MR) is 91.6 cm³/mol. The number of hydrogen-bond donors (Lipinski definition) is 2. The van der Waals surface area contributed by atoms with Crippen molar-refractivity contribution in [3.05, 3.63) is 34.9 Å². The molecule has 0 atom stereocenters. The van der Waals surface area contributed by atoms with Gasteiger partial charge < -0.3 is 15.5 Å². The van der Waals surface area contributed by atoms with Crippen molar-refractivity contribution in [1.29, 1.82) is 0 Å². The van der Waals surface area contributed by atoms with Gasteiger partial charge in [0.1, 0.15) is 0 Å². The number of urea groups is 1. The number of carbonyl (C=O) groups excluding carboxylic acids is 2. The van der Waals surface area contributed by atoms with Crippen LogP contribution in [0.1, 0.15) is 32.3 Å². The summed E-state index contributed by atoms with van der Waals surface area (Å²) >= 11 is 5.93. The molecular formula is C17H24ClN3O2. The van der Waals surface area contributed by atoms with Crippen molar-refractivity contribution in [2.75, 3.05) is 13.1 Å². The van der Waals surface area contributed by atoms with Crippen molar-refractivity contribution >= 4 is 23.5 Å². The van der Waals surface area contributed by atoms with Gasteiger partial charge in [-0.2, -0.15) is 0 Å². The lowest BCUT2D eigenvalue weighted by molar-refractivity contribution is -0.121. The third-order valence-corrected chi connectivity index (χ3v) is 4.05. The molecule has 1 heterocycles. The Kier molecular flexibility index (Phi) is 6.28. The fourth-order valence-corrected chi connectivity index (χ4v) is 2.89. The summed E-state index contributed by atoms with van der Waals surface area (Å²) < 4.78 is 0. The van der Waals surface area contributed by atoms with E-state index in [0.717, 1.165) is 18.4 Å². The van der Waals surface area contributed by atoms with Crippen LogP contribution in [0.4, 0.5) is 4.79 Å². The largest absolute Gasteiger partial charge is 0.353 e. The first-order chi connectivity index (χ1) is 10.9. The highest BCUT2D eigenvalue weighted by atomic mass is 35.5. The summed E-state index contributed by atoms with van der Waals surface area (Å²) in [5.41, 5.74) is 0.906. The molecule has 1 aromatic carbocycles. The predicted octanol–water partition coefficient (Wildman–Crippen LogP) is 2.58. The topological polar surface area (TPSA) is 61.4 Å². The van der Waals surface area contributed by atoms with Crippen LogP contribution in [-0.4, -0.2) is 42.0 Å². The Hall–Kier alpha value is -1.75. The molecule has 0 radical (unpaired) electrons. The first-order valence-electron chi connectivity index (χ1n) is 8.03. The van der Waals surface area contributed by atoms with Crippen molar-refractivity contribution in [2.45, 2.75) is 45.2 Å². The minimum Gasteiger partial charge on any atom is -0.353 e.